The second-order valence-corrected chi connectivity index (χ2v) is 9.59. The highest BCUT2D eigenvalue weighted by Gasteiger charge is 2.32. The van der Waals surface area contributed by atoms with E-state index in [1.54, 1.807) is 0 Å². The van der Waals surface area contributed by atoms with Gasteiger partial charge in [0.2, 0.25) is 0 Å². The van der Waals surface area contributed by atoms with Gasteiger partial charge >= 0.3 is 0 Å². The summed E-state index contributed by atoms with van der Waals surface area (Å²) in [6, 6.07) is 9.22. The highest BCUT2D eigenvalue weighted by molar-refractivity contribution is 5.79. The van der Waals surface area contributed by atoms with Crippen LogP contribution in [0.2, 0.25) is 0 Å². The van der Waals surface area contributed by atoms with Crippen molar-refractivity contribution in [1.29, 1.82) is 0 Å². The lowest BCUT2D eigenvalue weighted by Crippen LogP contribution is -2.34. The van der Waals surface area contributed by atoms with Gasteiger partial charge in [0.15, 0.2) is 5.82 Å². The third-order valence-corrected chi connectivity index (χ3v) is 4.92. The second-order valence-electron chi connectivity index (χ2n) is 9.59. The van der Waals surface area contributed by atoms with Gasteiger partial charge in [0.1, 0.15) is 11.5 Å². The van der Waals surface area contributed by atoms with Gasteiger partial charge < -0.3 is 9.80 Å². The van der Waals surface area contributed by atoms with Crippen LogP contribution in [0.4, 0.5) is 17.2 Å². The summed E-state index contributed by atoms with van der Waals surface area (Å²) in [7, 11) is 0. The van der Waals surface area contributed by atoms with E-state index in [1.165, 1.54) is 11.3 Å². The summed E-state index contributed by atoms with van der Waals surface area (Å²) in [5.41, 5.74) is 3.71. The number of hydrogen-bond acceptors (Lipinski definition) is 4. The van der Waals surface area contributed by atoms with Crippen LogP contribution < -0.4 is 9.80 Å². The van der Waals surface area contributed by atoms with Crippen LogP contribution in [0.25, 0.3) is 0 Å². The SMILES string of the molecule is CC(C)N1CN(c2cccc(C(C)(C)C)c2)c2cnc(C(C)(C)C)nc21. The predicted molar refractivity (Wildman–Crippen MR) is 110 cm³/mol. The predicted octanol–water partition coefficient (Wildman–Crippen LogP) is 5.40. The fourth-order valence-electron chi connectivity index (χ4n) is 3.19. The van der Waals surface area contributed by atoms with Crippen LogP contribution in [0, 0.1) is 0 Å². The summed E-state index contributed by atoms with van der Waals surface area (Å²) in [5.74, 6) is 1.94. The van der Waals surface area contributed by atoms with Crippen molar-refractivity contribution in [3.05, 3.63) is 41.9 Å². The molecule has 0 atom stereocenters. The lowest BCUT2D eigenvalue weighted by atomic mass is 9.87. The minimum atomic E-state index is -0.0583. The van der Waals surface area contributed by atoms with E-state index in [-0.39, 0.29) is 10.8 Å². The van der Waals surface area contributed by atoms with Gasteiger partial charge in [-0.15, -0.1) is 0 Å². The molecule has 0 N–H and O–H groups in total. The van der Waals surface area contributed by atoms with E-state index in [9.17, 15) is 0 Å². The van der Waals surface area contributed by atoms with Gasteiger partial charge in [-0.3, -0.25) is 0 Å². The first-order valence-corrected chi connectivity index (χ1v) is 9.51. The third-order valence-electron chi connectivity index (χ3n) is 4.92. The maximum absolute atomic E-state index is 4.95. The van der Waals surface area contributed by atoms with Gasteiger partial charge in [0.25, 0.3) is 0 Å². The van der Waals surface area contributed by atoms with Gasteiger partial charge in [-0.25, -0.2) is 9.97 Å². The Bertz CT molecular complexity index is 797. The van der Waals surface area contributed by atoms with Gasteiger partial charge in [-0.05, 0) is 37.0 Å². The van der Waals surface area contributed by atoms with Crippen LogP contribution in [0.1, 0.15) is 66.8 Å². The summed E-state index contributed by atoms with van der Waals surface area (Å²) in [6.07, 6.45) is 2.00. The van der Waals surface area contributed by atoms with Crippen LogP contribution in [0.15, 0.2) is 30.5 Å². The van der Waals surface area contributed by atoms with Crippen LogP contribution in [0.3, 0.4) is 0 Å². The lowest BCUT2D eigenvalue weighted by molar-refractivity contribution is 0.544. The van der Waals surface area contributed by atoms with Crippen LogP contribution in [-0.2, 0) is 10.8 Å². The molecular weight excluding hydrogens is 320 g/mol. The highest BCUT2D eigenvalue weighted by atomic mass is 15.4. The van der Waals surface area contributed by atoms with E-state index in [1.807, 2.05) is 6.20 Å². The Labute approximate surface area is 158 Å². The number of anilines is 3. The fourth-order valence-corrected chi connectivity index (χ4v) is 3.19. The molecule has 0 radical (unpaired) electrons. The normalized spacial score (nSPS) is 15.0. The van der Waals surface area contributed by atoms with Crippen molar-refractivity contribution < 1.29 is 0 Å². The number of rotatable bonds is 2. The number of nitrogens with zero attached hydrogens (tertiary/aromatic N) is 4. The summed E-state index contributed by atoms with van der Waals surface area (Å²) < 4.78 is 0. The largest absolute Gasteiger partial charge is 0.334 e. The molecule has 0 fully saturated rings. The first-order valence-electron chi connectivity index (χ1n) is 9.51. The minimum absolute atomic E-state index is 0.0583. The smallest absolute Gasteiger partial charge is 0.158 e. The molecule has 0 amide bonds. The van der Waals surface area contributed by atoms with E-state index in [4.69, 9.17) is 4.98 Å². The van der Waals surface area contributed by atoms with Crippen LogP contribution in [0.5, 0.6) is 0 Å². The molecule has 1 aromatic carbocycles. The van der Waals surface area contributed by atoms with Crippen molar-refractivity contribution in [2.75, 3.05) is 16.5 Å². The lowest BCUT2D eigenvalue weighted by Gasteiger charge is -2.26. The Balaban J connectivity index is 2.08. The topological polar surface area (TPSA) is 32.3 Å². The zero-order valence-electron chi connectivity index (χ0n) is 17.5. The molecule has 0 saturated heterocycles. The van der Waals surface area contributed by atoms with Crippen molar-refractivity contribution >= 4 is 17.2 Å². The van der Waals surface area contributed by atoms with Gasteiger partial charge in [-0.2, -0.15) is 0 Å². The number of benzene rings is 1. The average Bonchev–Trinajstić information content (AvgIpc) is 2.92. The molecule has 0 saturated carbocycles. The zero-order valence-corrected chi connectivity index (χ0v) is 17.5. The highest BCUT2D eigenvalue weighted by Crippen LogP contribution is 2.41. The summed E-state index contributed by atoms with van der Waals surface area (Å²) in [5, 5.41) is 0. The number of fused-ring (bicyclic) bond motifs is 1. The maximum Gasteiger partial charge on any atom is 0.158 e. The Morgan fingerprint density at radius 1 is 1.00 bits per heavy atom. The van der Waals surface area contributed by atoms with Crippen LogP contribution in [-0.4, -0.2) is 22.7 Å². The molecule has 2 aromatic rings. The van der Waals surface area contributed by atoms with Gasteiger partial charge in [0.05, 0.1) is 12.9 Å². The van der Waals surface area contributed by atoms with Crippen LogP contribution >= 0.6 is 0 Å². The standard InChI is InChI=1S/C22H32N4/c1-15(2)25-14-26(17-11-9-10-16(12-17)21(3,4)5)18-13-23-20(22(6,7)8)24-19(18)25/h9-13,15H,14H2,1-8H3. The summed E-state index contributed by atoms with van der Waals surface area (Å²) >= 11 is 0. The quantitative estimate of drug-likeness (QED) is 0.725. The third kappa shape index (κ3) is 3.42. The maximum atomic E-state index is 4.95. The molecule has 140 valence electrons. The molecule has 4 heteroatoms. The van der Waals surface area contributed by atoms with Crippen molar-refractivity contribution in [1.82, 2.24) is 9.97 Å². The molecule has 0 unspecified atom stereocenters. The molecule has 26 heavy (non-hydrogen) atoms. The number of aromatic nitrogens is 2. The van der Waals surface area contributed by atoms with E-state index in [2.05, 4.69) is 94.4 Å². The first kappa shape index (κ1) is 18.7. The van der Waals surface area contributed by atoms with E-state index in [0.29, 0.717) is 6.04 Å². The molecule has 2 heterocycles. The second kappa shape index (κ2) is 6.26. The summed E-state index contributed by atoms with van der Waals surface area (Å²) in [4.78, 5) is 14.3. The molecule has 3 rings (SSSR count). The Hall–Kier alpha value is -2.10. The molecule has 0 aliphatic carbocycles. The van der Waals surface area contributed by atoms with Gasteiger partial charge in [0, 0.05) is 17.1 Å². The van der Waals surface area contributed by atoms with E-state index < -0.39 is 0 Å². The van der Waals surface area contributed by atoms with Crippen molar-refractivity contribution in [2.24, 2.45) is 0 Å². The fraction of sp³-hybridized carbons (Fsp3) is 0.545. The summed E-state index contributed by atoms with van der Waals surface area (Å²) in [6.45, 7) is 18.5. The van der Waals surface area contributed by atoms with E-state index in [0.717, 1.165) is 24.0 Å². The van der Waals surface area contributed by atoms with Crippen molar-refractivity contribution in [3.63, 3.8) is 0 Å². The molecule has 1 aliphatic rings. The average molecular weight is 353 g/mol. The molecule has 0 spiro atoms. The Morgan fingerprint density at radius 2 is 1.69 bits per heavy atom. The molecule has 4 nitrogen and oxygen atoms in total. The van der Waals surface area contributed by atoms with Crippen molar-refractivity contribution in [3.8, 4) is 0 Å². The number of hydrogen-bond donors (Lipinski definition) is 0. The molecule has 1 aromatic heterocycles. The zero-order chi connectivity index (χ0) is 19.3. The van der Waals surface area contributed by atoms with Crippen molar-refractivity contribution in [2.45, 2.75) is 72.3 Å². The molecular formula is C22H32N4. The minimum Gasteiger partial charge on any atom is -0.334 e. The molecule has 0 bridgehead atoms. The first-order chi connectivity index (χ1) is 12.0. The Kier molecular flexibility index (Phi) is 4.50. The monoisotopic (exact) mass is 352 g/mol. The molecule has 1 aliphatic heterocycles. The van der Waals surface area contributed by atoms with E-state index >= 15 is 0 Å². The Morgan fingerprint density at radius 3 is 2.27 bits per heavy atom. The van der Waals surface area contributed by atoms with Gasteiger partial charge in [-0.1, -0.05) is 53.7 Å².